The maximum Gasteiger partial charge on any atom is 0.133 e. The zero-order valence-corrected chi connectivity index (χ0v) is 6.81. The number of aromatic nitrogens is 1. The number of aliphatic hydroxyl groups excluding tert-OH is 1. The summed E-state index contributed by atoms with van der Waals surface area (Å²) in [5.41, 5.74) is 5.93. The number of rotatable bonds is 2. The van der Waals surface area contributed by atoms with Crippen LogP contribution >= 0.6 is 0 Å². The molecule has 0 spiro atoms. The van der Waals surface area contributed by atoms with E-state index in [1.165, 1.54) is 12.3 Å². The second kappa shape index (κ2) is 3.51. The molecule has 4 N–H and O–H groups in total. The van der Waals surface area contributed by atoms with Gasteiger partial charge >= 0.3 is 0 Å². The number of aliphatic hydroxyl groups is 1. The average molecular weight is 168 g/mol. The highest BCUT2D eigenvalue weighted by Crippen LogP contribution is 2.14. The smallest absolute Gasteiger partial charge is 0.133 e. The first-order valence-electron chi connectivity index (χ1n) is 3.70. The molecule has 1 aromatic rings. The number of aromatic hydroxyl groups is 1. The molecule has 1 heterocycles. The van der Waals surface area contributed by atoms with Gasteiger partial charge in [0.15, 0.2) is 0 Å². The third-order valence-electron chi connectivity index (χ3n) is 1.57. The Balaban J connectivity index is 2.82. The van der Waals surface area contributed by atoms with Crippen LogP contribution in [-0.4, -0.2) is 21.2 Å². The van der Waals surface area contributed by atoms with Gasteiger partial charge in [-0.1, -0.05) is 0 Å². The van der Waals surface area contributed by atoms with Crippen molar-refractivity contribution in [2.45, 2.75) is 19.1 Å². The number of nitrogens with zero attached hydrogens (tertiary/aromatic N) is 1. The lowest BCUT2D eigenvalue weighted by molar-refractivity contribution is 0.148. The Hall–Kier alpha value is -1.13. The third-order valence-corrected chi connectivity index (χ3v) is 1.57. The molecule has 1 rings (SSSR count). The maximum absolute atomic E-state index is 9.42. The zero-order valence-electron chi connectivity index (χ0n) is 6.81. The summed E-state index contributed by atoms with van der Waals surface area (Å²) in [6.45, 7) is 1.69. The molecule has 12 heavy (non-hydrogen) atoms. The van der Waals surface area contributed by atoms with E-state index in [1.54, 1.807) is 13.0 Å². The SMILES string of the molecule is C[C@@H](N)[C@@H](O)c1ccc(O)cn1. The molecule has 0 saturated carbocycles. The second-order valence-electron chi connectivity index (χ2n) is 2.75. The molecule has 0 aliphatic carbocycles. The molecule has 0 aromatic carbocycles. The largest absolute Gasteiger partial charge is 0.506 e. The summed E-state index contributed by atoms with van der Waals surface area (Å²) in [5.74, 6) is 0.0793. The number of hydrogen-bond acceptors (Lipinski definition) is 4. The predicted octanol–water partition coefficient (Wildman–Crippen LogP) is 0.168. The molecule has 4 heteroatoms. The van der Waals surface area contributed by atoms with E-state index in [4.69, 9.17) is 10.8 Å². The molecule has 0 aliphatic heterocycles. The normalized spacial score (nSPS) is 15.6. The lowest BCUT2D eigenvalue weighted by Gasteiger charge is -2.13. The van der Waals surface area contributed by atoms with E-state index in [1.807, 2.05) is 0 Å². The molecule has 0 fully saturated rings. The lowest BCUT2D eigenvalue weighted by Crippen LogP contribution is -2.24. The minimum atomic E-state index is -0.773. The van der Waals surface area contributed by atoms with Crippen molar-refractivity contribution in [2.24, 2.45) is 5.73 Å². The quantitative estimate of drug-likeness (QED) is 0.588. The van der Waals surface area contributed by atoms with Crippen LogP contribution in [0.4, 0.5) is 0 Å². The topological polar surface area (TPSA) is 79.4 Å². The summed E-state index contributed by atoms with van der Waals surface area (Å²) in [5, 5.41) is 18.3. The Morgan fingerprint density at radius 3 is 2.58 bits per heavy atom. The molecule has 1 aromatic heterocycles. The molecule has 0 unspecified atom stereocenters. The Labute approximate surface area is 70.7 Å². The summed E-state index contributed by atoms with van der Waals surface area (Å²) >= 11 is 0. The number of hydrogen-bond donors (Lipinski definition) is 3. The molecule has 0 amide bonds. The van der Waals surface area contributed by atoms with Gasteiger partial charge in [0.25, 0.3) is 0 Å². The minimum absolute atomic E-state index is 0.0793. The summed E-state index contributed by atoms with van der Waals surface area (Å²) in [7, 11) is 0. The van der Waals surface area contributed by atoms with Crippen LogP contribution in [-0.2, 0) is 0 Å². The van der Waals surface area contributed by atoms with E-state index < -0.39 is 6.10 Å². The van der Waals surface area contributed by atoms with Crippen molar-refractivity contribution in [1.29, 1.82) is 0 Å². The van der Waals surface area contributed by atoms with Crippen molar-refractivity contribution < 1.29 is 10.2 Å². The summed E-state index contributed by atoms with van der Waals surface area (Å²) < 4.78 is 0. The minimum Gasteiger partial charge on any atom is -0.506 e. The van der Waals surface area contributed by atoms with Gasteiger partial charge in [-0.3, -0.25) is 4.98 Å². The molecule has 4 nitrogen and oxygen atoms in total. The van der Waals surface area contributed by atoms with Crippen molar-refractivity contribution in [1.82, 2.24) is 4.98 Å². The van der Waals surface area contributed by atoms with Gasteiger partial charge in [0.2, 0.25) is 0 Å². The van der Waals surface area contributed by atoms with E-state index in [2.05, 4.69) is 4.98 Å². The van der Waals surface area contributed by atoms with Crippen LogP contribution in [0.25, 0.3) is 0 Å². The standard InChI is InChI=1S/C8H12N2O2/c1-5(9)8(12)7-3-2-6(11)4-10-7/h2-5,8,11-12H,9H2,1H3/t5-,8-/m1/s1. The van der Waals surface area contributed by atoms with E-state index in [0.717, 1.165) is 0 Å². The van der Waals surface area contributed by atoms with Crippen LogP contribution in [0.15, 0.2) is 18.3 Å². The Kier molecular flexibility index (Phi) is 2.62. The number of nitrogens with two attached hydrogens (primary N) is 1. The molecule has 0 bridgehead atoms. The van der Waals surface area contributed by atoms with E-state index >= 15 is 0 Å². The summed E-state index contributed by atoms with van der Waals surface area (Å²) in [4.78, 5) is 3.82. The van der Waals surface area contributed by atoms with Crippen molar-refractivity contribution in [3.63, 3.8) is 0 Å². The van der Waals surface area contributed by atoms with Crippen LogP contribution in [0, 0.1) is 0 Å². The van der Waals surface area contributed by atoms with E-state index in [-0.39, 0.29) is 11.8 Å². The number of pyridine rings is 1. The van der Waals surface area contributed by atoms with Crippen LogP contribution in [0.2, 0.25) is 0 Å². The van der Waals surface area contributed by atoms with Crippen molar-refractivity contribution in [3.05, 3.63) is 24.0 Å². The van der Waals surface area contributed by atoms with Gasteiger partial charge in [0.05, 0.1) is 11.9 Å². The highest BCUT2D eigenvalue weighted by molar-refractivity contribution is 5.19. The van der Waals surface area contributed by atoms with Gasteiger partial charge in [0, 0.05) is 6.04 Å². The monoisotopic (exact) mass is 168 g/mol. The zero-order chi connectivity index (χ0) is 9.14. The molecular weight excluding hydrogens is 156 g/mol. The first kappa shape index (κ1) is 8.96. The fourth-order valence-electron chi connectivity index (χ4n) is 0.842. The second-order valence-corrected chi connectivity index (χ2v) is 2.75. The van der Waals surface area contributed by atoms with Crippen LogP contribution in [0.5, 0.6) is 5.75 Å². The maximum atomic E-state index is 9.42. The molecule has 0 radical (unpaired) electrons. The van der Waals surface area contributed by atoms with Crippen LogP contribution < -0.4 is 5.73 Å². The van der Waals surface area contributed by atoms with Crippen molar-refractivity contribution in [3.8, 4) is 5.75 Å². The van der Waals surface area contributed by atoms with Crippen molar-refractivity contribution >= 4 is 0 Å². The molecule has 0 saturated heterocycles. The Morgan fingerprint density at radius 2 is 2.17 bits per heavy atom. The highest BCUT2D eigenvalue weighted by Gasteiger charge is 2.12. The third kappa shape index (κ3) is 1.93. The molecule has 66 valence electrons. The van der Waals surface area contributed by atoms with Gasteiger partial charge in [-0.05, 0) is 19.1 Å². The predicted molar refractivity (Wildman–Crippen MR) is 44.5 cm³/mol. The van der Waals surface area contributed by atoms with Crippen LogP contribution in [0.3, 0.4) is 0 Å². The molecule has 0 aliphatic rings. The van der Waals surface area contributed by atoms with Crippen LogP contribution in [0.1, 0.15) is 18.7 Å². The van der Waals surface area contributed by atoms with Gasteiger partial charge in [0.1, 0.15) is 11.9 Å². The summed E-state index contributed by atoms with van der Waals surface area (Å²) in [6, 6.07) is 2.65. The van der Waals surface area contributed by atoms with Crippen molar-refractivity contribution in [2.75, 3.05) is 0 Å². The van der Waals surface area contributed by atoms with Gasteiger partial charge in [-0.2, -0.15) is 0 Å². The fourth-order valence-corrected chi connectivity index (χ4v) is 0.842. The first-order valence-corrected chi connectivity index (χ1v) is 3.70. The molecule has 2 atom stereocenters. The van der Waals surface area contributed by atoms with E-state index in [0.29, 0.717) is 5.69 Å². The summed E-state index contributed by atoms with van der Waals surface area (Å²) in [6.07, 6.45) is 0.506. The van der Waals surface area contributed by atoms with E-state index in [9.17, 15) is 5.11 Å². The Bertz CT molecular complexity index is 246. The van der Waals surface area contributed by atoms with Gasteiger partial charge in [-0.25, -0.2) is 0 Å². The fraction of sp³-hybridized carbons (Fsp3) is 0.375. The first-order chi connectivity index (χ1) is 5.61. The van der Waals surface area contributed by atoms with Gasteiger partial charge < -0.3 is 15.9 Å². The Morgan fingerprint density at radius 1 is 1.50 bits per heavy atom. The lowest BCUT2D eigenvalue weighted by atomic mass is 10.1. The average Bonchev–Trinajstić information content (AvgIpc) is 2.04. The molecular formula is C8H12N2O2. The van der Waals surface area contributed by atoms with Gasteiger partial charge in [-0.15, -0.1) is 0 Å². The highest BCUT2D eigenvalue weighted by atomic mass is 16.3.